The lowest BCUT2D eigenvalue weighted by Gasteiger charge is -2.00. The largest absolute Gasteiger partial charge is 0.305 e. The lowest BCUT2D eigenvalue weighted by Crippen LogP contribution is -1.98. The molecule has 0 heterocycles. The van der Waals surface area contributed by atoms with Gasteiger partial charge in [0.15, 0.2) is 0 Å². The van der Waals surface area contributed by atoms with Crippen LogP contribution >= 0.6 is 0 Å². The van der Waals surface area contributed by atoms with Gasteiger partial charge in [-0.3, -0.25) is 10.1 Å². The quantitative estimate of drug-likeness (QED) is 0.251. The molecule has 0 aromatic heterocycles. The number of nitro benzene ring substituents is 1. The van der Waals surface area contributed by atoms with Crippen LogP contribution in [0.4, 0.5) is 10.1 Å². The summed E-state index contributed by atoms with van der Waals surface area (Å²) in [5, 5.41) is 13.6. The summed E-state index contributed by atoms with van der Waals surface area (Å²) in [6.45, 7) is 0.0780. The predicted octanol–water partition coefficient (Wildman–Crippen LogP) is 2.59. The van der Waals surface area contributed by atoms with Crippen molar-refractivity contribution in [3.63, 3.8) is 0 Å². The molecule has 1 rings (SSSR count). The molecule has 78 valence electrons. The molecule has 0 amide bonds. The Labute approximate surface area is 84.1 Å². The van der Waals surface area contributed by atoms with Crippen LogP contribution in [-0.2, 0) is 6.42 Å². The average Bonchev–Trinajstić information content (AvgIpc) is 2.20. The highest BCUT2D eigenvalue weighted by atomic mass is 19.1. The number of nitrogens with zero attached hydrogens (tertiary/aromatic N) is 4. The van der Waals surface area contributed by atoms with Gasteiger partial charge in [-0.25, -0.2) is 0 Å². The molecular weight excluding hydrogens is 203 g/mol. The summed E-state index contributed by atoms with van der Waals surface area (Å²) in [5.41, 5.74) is 7.63. The molecule has 15 heavy (non-hydrogen) atoms. The van der Waals surface area contributed by atoms with Crippen LogP contribution < -0.4 is 0 Å². The molecule has 0 bridgehead atoms. The van der Waals surface area contributed by atoms with E-state index in [1.54, 1.807) is 0 Å². The second-order valence-corrected chi connectivity index (χ2v) is 2.71. The van der Waals surface area contributed by atoms with Crippen molar-refractivity contribution in [3.8, 4) is 0 Å². The molecule has 7 heteroatoms. The highest BCUT2D eigenvalue weighted by Gasteiger charge is 2.16. The van der Waals surface area contributed by atoms with E-state index in [0.29, 0.717) is 0 Å². The minimum Gasteiger partial charge on any atom is -0.258 e. The topological polar surface area (TPSA) is 91.9 Å². The van der Waals surface area contributed by atoms with Crippen LogP contribution in [0.2, 0.25) is 0 Å². The number of azide groups is 1. The molecule has 0 aliphatic heterocycles. The Morgan fingerprint density at radius 1 is 1.60 bits per heavy atom. The van der Waals surface area contributed by atoms with Crippen molar-refractivity contribution < 1.29 is 9.31 Å². The molecule has 6 nitrogen and oxygen atoms in total. The summed E-state index contributed by atoms with van der Waals surface area (Å²) in [6, 6.07) is 3.91. The van der Waals surface area contributed by atoms with Crippen molar-refractivity contribution in [1.82, 2.24) is 0 Å². The molecule has 0 aliphatic carbocycles. The molecule has 0 radical (unpaired) electrons. The Balaban J connectivity index is 2.94. The second-order valence-electron chi connectivity index (χ2n) is 2.71. The third kappa shape index (κ3) is 2.65. The predicted molar refractivity (Wildman–Crippen MR) is 50.8 cm³/mol. The monoisotopic (exact) mass is 210 g/mol. The zero-order valence-corrected chi connectivity index (χ0v) is 7.63. The molecule has 0 unspecified atom stereocenters. The van der Waals surface area contributed by atoms with Gasteiger partial charge in [0.25, 0.3) is 0 Å². The Bertz CT molecular complexity index is 429. The van der Waals surface area contributed by atoms with Crippen molar-refractivity contribution in [1.29, 1.82) is 0 Å². The molecule has 1 aromatic carbocycles. The van der Waals surface area contributed by atoms with Gasteiger partial charge >= 0.3 is 5.69 Å². The van der Waals surface area contributed by atoms with E-state index in [0.717, 1.165) is 6.07 Å². The first-order valence-electron chi connectivity index (χ1n) is 4.09. The van der Waals surface area contributed by atoms with Crippen molar-refractivity contribution in [2.45, 2.75) is 6.42 Å². The van der Waals surface area contributed by atoms with Gasteiger partial charge in [-0.05, 0) is 17.5 Å². The van der Waals surface area contributed by atoms with Gasteiger partial charge in [0.05, 0.1) is 4.92 Å². The molecule has 0 fully saturated rings. The maximum Gasteiger partial charge on any atom is 0.305 e. The first-order valence-corrected chi connectivity index (χ1v) is 4.09. The molecule has 0 aliphatic rings. The maximum atomic E-state index is 13.4. The Morgan fingerprint density at radius 3 is 2.93 bits per heavy atom. The van der Waals surface area contributed by atoms with E-state index in [9.17, 15) is 14.5 Å². The zero-order chi connectivity index (χ0) is 11.3. The number of nitro groups is 1. The standard InChI is InChI=1S/C8H7FN4O2/c9-8-6(4-5-11-12-10)2-1-3-7(8)13(14)15/h1-3H,4-5H2. The normalized spacial score (nSPS) is 9.40. The van der Waals surface area contributed by atoms with Crippen molar-refractivity contribution in [2.75, 3.05) is 6.54 Å². The van der Waals surface area contributed by atoms with Crippen molar-refractivity contribution >= 4 is 5.69 Å². The van der Waals surface area contributed by atoms with Gasteiger partial charge in [-0.2, -0.15) is 4.39 Å². The Morgan fingerprint density at radius 2 is 2.33 bits per heavy atom. The molecule has 0 saturated carbocycles. The second kappa shape index (κ2) is 4.92. The number of hydrogen-bond acceptors (Lipinski definition) is 3. The Kier molecular flexibility index (Phi) is 3.59. The van der Waals surface area contributed by atoms with Gasteiger partial charge in [-0.15, -0.1) is 0 Å². The fourth-order valence-corrected chi connectivity index (χ4v) is 1.12. The molecule has 0 atom stereocenters. The highest BCUT2D eigenvalue weighted by molar-refractivity contribution is 5.36. The lowest BCUT2D eigenvalue weighted by molar-refractivity contribution is -0.387. The third-order valence-electron chi connectivity index (χ3n) is 1.80. The van der Waals surface area contributed by atoms with Crippen LogP contribution in [-0.4, -0.2) is 11.5 Å². The fourth-order valence-electron chi connectivity index (χ4n) is 1.12. The Hall–Kier alpha value is -2.14. The SMILES string of the molecule is [N-]=[N+]=NCCc1cccc([N+](=O)[O-])c1F. The minimum absolute atomic E-state index is 0.0780. The van der Waals surface area contributed by atoms with E-state index in [1.807, 2.05) is 0 Å². The zero-order valence-electron chi connectivity index (χ0n) is 7.63. The van der Waals surface area contributed by atoms with E-state index in [2.05, 4.69) is 10.0 Å². The molecule has 0 N–H and O–H groups in total. The van der Waals surface area contributed by atoms with Crippen LogP contribution in [0.25, 0.3) is 10.4 Å². The van der Waals surface area contributed by atoms with E-state index in [1.165, 1.54) is 12.1 Å². The van der Waals surface area contributed by atoms with Gasteiger partial charge in [0, 0.05) is 17.5 Å². The summed E-state index contributed by atoms with van der Waals surface area (Å²) in [5.74, 6) is -0.865. The van der Waals surface area contributed by atoms with E-state index < -0.39 is 16.4 Å². The lowest BCUT2D eigenvalue weighted by atomic mass is 10.1. The average molecular weight is 210 g/mol. The minimum atomic E-state index is -0.865. The third-order valence-corrected chi connectivity index (χ3v) is 1.80. The number of rotatable bonds is 4. The first kappa shape index (κ1) is 10.9. The summed E-state index contributed by atoms with van der Waals surface area (Å²) in [6.07, 6.45) is 0.150. The number of halogens is 1. The smallest absolute Gasteiger partial charge is 0.258 e. The van der Waals surface area contributed by atoms with Crippen molar-refractivity contribution in [3.05, 3.63) is 50.1 Å². The van der Waals surface area contributed by atoms with Gasteiger partial charge in [0.2, 0.25) is 5.82 Å². The molecule has 1 aromatic rings. The van der Waals surface area contributed by atoms with Gasteiger partial charge in [0.1, 0.15) is 0 Å². The van der Waals surface area contributed by atoms with Crippen LogP contribution in [0.15, 0.2) is 23.3 Å². The number of hydrogen-bond donors (Lipinski definition) is 0. The summed E-state index contributed by atoms with van der Waals surface area (Å²) >= 11 is 0. The van der Waals surface area contributed by atoms with E-state index >= 15 is 0 Å². The van der Waals surface area contributed by atoms with Crippen LogP contribution in [0, 0.1) is 15.9 Å². The summed E-state index contributed by atoms with van der Waals surface area (Å²) in [4.78, 5) is 12.1. The number of benzene rings is 1. The summed E-state index contributed by atoms with van der Waals surface area (Å²) < 4.78 is 13.4. The van der Waals surface area contributed by atoms with Crippen LogP contribution in [0.5, 0.6) is 0 Å². The van der Waals surface area contributed by atoms with E-state index in [-0.39, 0.29) is 18.5 Å². The fraction of sp³-hybridized carbons (Fsp3) is 0.250. The van der Waals surface area contributed by atoms with Gasteiger partial charge < -0.3 is 0 Å². The van der Waals surface area contributed by atoms with Crippen LogP contribution in [0.3, 0.4) is 0 Å². The maximum absolute atomic E-state index is 13.4. The first-order chi connectivity index (χ1) is 7.16. The molecular formula is C8H7FN4O2. The van der Waals surface area contributed by atoms with Crippen LogP contribution in [0.1, 0.15) is 5.56 Å². The van der Waals surface area contributed by atoms with Gasteiger partial charge in [-0.1, -0.05) is 17.2 Å². The highest BCUT2D eigenvalue weighted by Crippen LogP contribution is 2.20. The molecule has 0 saturated heterocycles. The van der Waals surface area contributed by atoms with E-state index in [4.69, 9.17) is 5.53 Å². The summed E-state index contributed by atoms with van der Waals surface area (Å²) in [7, 11) is 0. The molecule has 0 spiro atoms. The van der Waals surface area contributed by atoms with Crippen molar-refractivity contribution in [2.24, 2.45) is 5.11 Å².